The van der Waals surface area contributed by atoms with Crippen LogP contribution in [-0.4, -0.2) is 35.4 Å². The van der Waals surface area contributed by atoms with Crippen molar-refractivity contribution in [3.05, 3.63) is 64.9 Å². The van der Waals surface area contributed by atoms with Crippen LogP contribution in [0.3, 0.4) is 0 Å². The molecule has 158 valence electrons. The summed E-state index contributed by atoms with van der Waals surface area (Å²) in [6.45, 7) is 9.58. The molecule has 4 rings (SSSR count). The molecule has 0 radical (unpaired) electrons. The number of thioether (sulfide) groups is 1. The number of nitrogens with one attached hydrogen (secondary N) is 1. The van der Waals surface area contributed by atoms with Crippen molar-refractivity contribution >= 4 is 34.3 Å². The minimum atomic E-state index is -0.00831. The lowest BCUT2D eigenvalue weighted by Gasteiger charge is -2.27. The van der Waals surface area contributed by atoms with Crippen LogP contribution in [0.15, 0.2) is 47.1 Å². The van der Waals surface area contributed by atoms with Gasteiger partial charge in [0.2, 0.25) is 5.91 Å². The van der Waals surface area contributed by atoms with Gasteiger partial charge in [0.25, 0.3) is 0 Å². The molecule has 1 aromatic heterocycles. The van der Waals surface area contributed by atoms with Gasteiger partial charge in [0.1, 0.15) is 5.58 Å². The van der Waals surface area contributed by atoms with Crippen LogP contribution < -0.4 is 5.32 Å². The molecule has 1 fully saturated rings. The molecule has 1 amide bonds. The molecule has 0 saturated carbocycles. The molecule has 4 nitrogen and oxygen atoms in total. The number of nitrogens with zero attached hydrogens (tertiary/aromatic N) is 1. The Morgan fingerprint density at radius 1 is 1.17 bits per heavy atom. The molecule has 2 heterocycles. The minimum absolute atomic E-state index is 0.00831. The van der Waals surface area contributed by atoms with Crippen LogP contribution >= 0.6 is 11.8 Å². The second-order valence-electron chi connectivity index (χ2n) is 8.39. The van der Waals surface area contributed by atoms with Crippen LogP contribution in [0.25, 0.3) is 11.0 Å². The Labute approximate surface area is 183 Å². The largest absolute Gasteiger partial charge is 0.464 e. The Hall–Kier alpha value is -2.24. The van der Waals surface area contributed by atoms with Gasteiger partial charge >= 0.3 is 0 Å². The third-order valence-corrected chi connectivity index (χ3v) is 6.75. The van der Waals surface area contributed by atoms with E-state index < -0.39 is 0 Å². The molecular formula is C25H30N2O2S. The molecule has 30 heavy (non-hydrogen) atoms. The lowest BCUT2D eigenvalue weighted by atomic mass is 9.95. The van der Waals surface area contributed by atoms with Crippen LogP contribution in [0.5, 0.6) is 0 Å². The lowest BCUT2D eigenvalue weighted by molar-refractivity contribution is -0.115. The number of amides is 1. The van der Waals surface area contributed by atoms with E-state index in [-0.39, 0.29) is 5.91 Å². The minimum Gasteiger partial charge on any atom is -0.464 e. The van der Waals surface area contributed by atoms with E-state index in [0.717, 1.165) is 41.9 Å². The highest BCUT2D eigenvalue weighted by atomic mass is 32.2. The zero-order valence-corrected chi connectivity index (χ0v) is 18.8. The summed E-state index contributed by atoms with van der Waals surface area (Å²) in [4.78, 5) is 15.3. The highest BCUT2D eigenvalue weighted by Crippen LogP contribution is 2.29. The van der Waals surface area contributed by atoms with Crippen molar-refractivity contribution in [3.8, 4) is 0 Å². The maximum atomic E-state index is 12.9. The monoisotopic (exact) mass is 422 g/mol. The molecular weight excluding hydrogens is 392 g/mol. The first kappa shape index (κ1) is 21.0. The summed E-state index contributed by atoms with van der Waals surface area (Å²) in [7, 11) is 0. The topological polar surface area (TPSA) is 45.5 Å². The maximum absolute atomic E-state index is 12.9. The van der Waals surface area contributed by atoms with E-state index in [1.807, 2.05) is 30.0 Å². The molecule has 0 aliphatic carbocycles. The summed E-state index contributed by atoms with van der Waals surface area (Å²) in [5.74, 6) is 2.79. The van der Waals surface area contributed by atoms with Crippen molar-refractivity contribution in [1.82, 2.24) is 4.90 Å². The summed E-state index contributed by atoms with van der Waals surface area (Å²) >= 11 is 2.01. The molecule has 2 aromatic carbocycles. The molecule has 1 saturated heterocycles. The Morgan fingerprint density at radius 2 is 1.93 bits per heavy atom. The van der Waals surface area contributed by atoms with Crippen LogP contribution in [0.4, 0.5) is 5.69 Å². The predicted octanol–water partition coefficient (Wildman–Crippen LogP) is 5.59. The van der Waals surface area contributed by atoms with E-state index in [1.54, 1.807) is 6.26 Å². The zero-order valence-electron chi connectivity index (χ0n) is 18.0. The number of para-hydroxylation sites is 1. The summed E-state index contributed by atoms with van der Waals surface area (Å²) in [6.07, 6.45) is 2.04. The Bertz CT molecular complexity index is 1030. The van der Waals surface area contributed by atoms with Gasteiger partial charge < -0.3 is 9.73 Å². The molecule has 0 spiro atoms. The van der Waals surface area contributed by atoms with Crippen molar-refractivity contribution in [2.24, 2.45) is 0 Å². The van der Waals surface area contributed by atoms with Gasteiger partial charge in [-0.1, -0.05) is 32.0 Å². The van der Waals surface area contributed by atoms with Gasteiger partial charge in [-0.15, -0.1) is 0 Å². The van der Waals surface area contributed by atoms with Crippen LogP contribution in [0.1, 0.15) is 42.0 Å². The fourth-order valence-electron chi connectivity index (χ4n) is 4.15. The van der Waals surface area contributed by atoms with Crippen molar-refractivity contribution in [2.45, 2.75) is 39.7 Å². The highest BCUT2D eigenvalue weighted by molar-refractivity contribution is 7.99. The average Bonchev–Trinajstić information content (AvgIpc) is 3.10. The van der Waals surface area contributed by atoms with E-state index in [4.69, 9.17) is 4.42 Å². The van der Waals surface area contributed by atoms with Crippen molar-refractivity contribution in [3.63, 3.8) is 0 Å². The third-order valence-electron chi connectivity index (χ3n) is 5.80. The highest BCUT2D eigenvalue weighted by Gasteiger charge is 2.16. The summed E-state index contributed by atoms with van der Waals surface area (Å²) in [5, 5.41) is 4.18. The van der Waals surface area contributed by atoms with E-state index in [9.17, 15) is 4.79 Å². The Morgan fingerprint density at radius 3 is 2.70 bits per heavy atom. The number of benzene rings is 2. The SMILES string of the molecule is Cc1cc2occ(CC(=O)Nc3ccccc3CN3CCSCC3)c2cc1C(C)C. The second-order valence-corrected chi connectivity index (χ2v) is 9.62. The van der Waals surface area contributed by atoms with Gasteiger partial charge in [0.15, 0.2) is 0 Å². The molecule has 3 aromatic rings. The zero-order chi connectivity index (χ0) is 21.1. The standard InChI is InChI=1S/C25H30N2O2S/c1-17(2)21-14-22-20(16-29-24(22)12-18(21)3)13-25(28)26-23-7-5-4-6-19(23)15-27-8-10-30-11-9-27/h4-7,12,14,16-17H,8-11,13,15H2,1-3H3,(H,26,28). The van der Waals surface area contributed by atoms with E-state index in [0.29, 0.717) is 12.3 Å². The molecule has 1 N–H and O–H groups in total. The van der Waals surface area contributed by atoms with Crippen LogP contribution in [-0.2, 0) is 17.8 Å². The van der Waals surface area contributed by atoms with E-state index >= 15 is 0 Å². The molecule has 5 heteroatoms. The van der Waals surface area contributed by atoms with E-state index in [2.05, 4.69) is 49.2 Å². The number of aryl methyl sites for hydroxylation is 1. The number of rotatable bonds is 6. The Balaban J connectivity index is 1.50. The number of carbonyl (C=O) groups is 1. The van der Waals surface area contributed by atoms with Gasteiger partial charge in [0.05, 0.1) is 12.7 Å². The number of carbonyl (C=O) groups excluding carboxylic acids is 1. The average molecular weight is 423 g/mol. The fourth-order valence-corrected chi connectivity index (χ4v) is 5.13. The smallest absolute Gasteiger partial charge is 0.228 e. The van der Waals surface area contributed by atoms with Crippen LogP contribution in [0, 0.1) is 6.92 Å². The van der Waals surface area contributed by atoms with Crippen molar-refractivity contribution in [2.75, 3.05) is 29.9 Å². The summed E-state index contributed by atoms with van der Waals surface area (Å²) in [5.41, 5.74) is 6.40. The second kappa shape index (κ2) is 9.27. The van der Waals surface area contributed by atoms with E-state index in [1.165, 1.54) is 28.2 Å². The van der Waals surface area contributed by atoms with Gasteiger partial charge in [-0.3, -0.25) is 9.69 Å². The molecule has 1 aliphatic rings. The molecule has 1 aliphatic heterocycles. The fraction of sp³-hybridized carbons (Fsp3) is 0.400. The molecule has 0 atom stereocenters. The normalized spacial score (nSPS) is 15.1. The number of hydrogen-bond donors (Lipinski definition) is 1. The van der Waals surface area contributed by atoms with Crippen molar-refractivity contribution < 1.29 is 9.21 Å². The molecule has 0 unspecified atom stereocenters. The van der Waals surface area contributed by atoms with Gasteiger partial charge in [-0.2, -0.15) is 11.8 Å². The summed E-state index contributed by atoms with van der Waals surface area (Å²) in [6, 6.07) is 12.4. The Kier molecular flexibility index (Phi) is 6.49. The summed E-state index contributed by atoms with van der Waals surface area (Å²) < 4.78 is 5.75. The van der Waals surface area contributed by atoms with Gasteiger partial charge in [0, 0.05) is 47.8 Å². The van der Waals surface area contributed by atoms with Gasteiger partial charge in [-0.25, -0.2) is 0 Å². The lowest BCUT2D eigenvalue weighted by Crippen LogP contribution is -2.32. The number of furan rings is 1. The third kappa shape index (κ3) is 4.73. The number of hydrogen-bond acceptors (Lipinski definition) is 4. The quantitative estimate of drug-likeness (QED) is 0.562. The number of fused-ring (bicyclic) bond motifs is 1. The maximum Gasteiger partial charge on any atom is 0.228 e. The van der Waals surface area contributed by atoms with Crippen LogP contribution in [0.2, 0.25) is 0 Å². The first-order chi connectivity index (χ1) is 14.5. The first-order valence-corrected chi connectivity index (χ1v) is 11.8. The van der Waals surface area contributed by atoms with Gasteiger partial charge in [-0.05, 0) is 47.7 Å². The molecule has 0 bridgehead atoms. The van der Waals surface area contributed by atoms with Crippen molar-refractivity contribution in [1.29, 1.82) is 0 Å². The first-order valence-electron chi connectivity index (χ1n) is 10.7. The number of anilines is 1. The predicted molar refractivity (Wildman–Crippen MR) is 126 cm³/mol.